The zero-order valence-corrected chi connectivity index (χ0v) is 11.9. The van der Waals surface area contributed by atoms with Gasteiger partial charge in [-0.15, -0.1) is 0 Å². The molecule has 1 N–H and O–H groups in total. The maximum Gasteiger partial charge on any atom is 0.125 e. The molecule has 1 aromatic heterocycles. The molecule has 0 fully saturated rings. The third kappa shape index (κ3) is 2.76. The van der Waals surface area contributed by atoms with Crippen LogP contribution >= 0.6 is 15.9 Å². The molecule has 0 radical (unpaired) electrons. The van der Waals surface area contributed by atoms with Gasteiger partial charge in [-0.3, -0.25) is 0 Å². The van der Waals surface area contributed by atoms with E-state index in [4.69, 9.17) is 9.15 Å². The molecule has 1 heterocycles. The fraction of sp³-hybridized carbons (Fsp3) is 0.286. The van der Waals surface area contributed by atoms with Gasteiger partial charge in [0.25, 0.3) is 0 Å². The second-order valence-corrected chi connectivity index (χ2v) is 4.92. The SMILES string of the molecule is CCOc1ccc(Br)cc1C(O)c1coc(C)c1. The fourth-order valence-corrected chi connectivity index (χ4v) is 2.19. The molecule has 2 aromatic rings. The zero-order chi connectivity index (χ0) is 13.1. The number of rotatable bonds is 4. The second kappa shape index (κ2) is 5.59. The summed E-state index contributed by atoms with van der Waals surface area (Å²) < 4.78 is 11.7. The third-order valence-electron chi connectivity index (χ3n) is 2.63. The Morgan fingerprint density at radius 2 is 2.17 bits per heavy atom. The van der Waals surface area contributed by atoms with Gasteiger partial charge in [-0.05, 0) is 38.1 Å². The maximum absolute atomic E-state index is 10.4. The van der Waals surface area contributed by atoms with Crippen molar-refractivity contribution >= 4 is 15.9 Å². The average Bonchev–Trinajstić information content (AvgIpc) is 2.77. The molecule has 0 aliphatic rings. The standard InChI is InChI=1S/C14H15BrO3/c1-3-17-13-5-4-11(15)7-12(13)14(16)10-6-9(2)18-8-10/h4-8,14,16H,3H2,1-2H3. The van der Waals surface area contributed by atoms with E-state index in [2.05, 4.69) is 15.9 Å². The molecule has 0 amide bonds. The van der Waals surface area contributed by atoms with Crippen LogP contribution in [-0.4, -0.2) is 11.7 Å². The molecule has 96 valence electrons. The molecule has 0 aliphatic heterocycles. The highest BCUT2D eigenvalue weighted by molar-refractivity contribution is 9.10. The van der Waals surface area contributed by atoms with Crippen molar-refractivity contribution in [2.24, 2.45) is 0 Å². The molecule has 0 saturated carbocycles. The maximum atomic E-state index is 10.4. The number of benzene rings is 1. The Balaban J connectivity index is 2.39. The van der Waals surface area contributed by atoms with Gasteiger partial charge in [0.05, 0.1) is 12.9 Å². The van der Waals surface area contributed by atoms with Crippen LogP contribution in [0.15, 0.2) is 39.4 Å². The topological polar surface area (TPSA) is 42.6 Å². The van der Waals surface area contributed by atoms with E-state index in [0.717, 1.165) is 21.4 Å². The van der Waals surface area contributed by atoms with Gasteiger partial charge >= 0.3 is 0 Å². The van der Waals surface area contributed by atoms with Crippen molar-refractivity contribution < 1.29 is 14.3 Å². The lowest BCUT2D eigenvalue weighted by molar-refractivity contribution is 0.211. The van der Waals surface area contributed by atoms with Gasteiger partial charge in [0, 0.05) is 15.6 Å². The molecule has 0 bridgehead atoms. The van der Waals surface area contributed by atoms with Crippen LogP contribution in [-0.2, 0) is 0 Å². The van der Waals surface area contributed by atoms with Crippen LogP contribution in [0.2, 0.25) is 0 Å². The quantitative estimate of drug-likeness (QED) is 0.933. The number of aryl methyl sites for hydroxylation is 1. The summed E-state index contributed by atoms with van der Waals surface area (Å²) in [4.78, 5) is 0. The summed E-state index contributed by atoms with van der Waals surface area (Å²) in [6.07, 6.45) is 0.817. The Morgan fingerprint density at radius 1 is 1.39 bits per heavy atom. The van der Waals surface area contributed by atoms with Crippen LogP contribution in [0, 0.1) is 6.92 Å². The smallest absolute Gasteiger partial charge is 0.125 e. The predicted molar refractivity (Wildman–Crippen MR) is 72.8 cm³/mol. The number of furan rings is 1. The summed E-state index contributed by atoms with van der Waals surface area (Å²) in [7, 11) is 0. The van der Waals surface area contributed by atoms with E-state index in [0.29, 0.717) is 12.4 Å². The summed E-state index contributed by atoms with van der Waals surface area (Å²) in [5.74, 6) is 1.46. The molecule has 0 spiro atoms. The molecule has 0 saturated heterocycles. The Hall–Kier alpha value is -1.26. The van der Waals surface area contributed by atoms with Crippen molar-refractivity contribution in [2.75, 3.05) is 6.61 Å². The number of aliphatic hydroxyl groups is 1. The van der Waals surface area contributed by atoms with Crippen LogP contribution in [0.25, 0.3) is 0 Å². The van der Waals surface area contributed by atoms with Crippen molar-refractivity contribution in [1.82, 2.24) is 0 Å². The summed E-state index contributed by atoms with van der Waals surface area (Å²) in [6, 6.07) is 7.42. The molecule has 0 aliphatic carbocycles. The van der Waals surface area contributed by atoms with Crippen LogP contribution in [0.4, 0.5) is 0 Å². The molecule has 1 atom stereocenters. The predicted octanol–water partition coefficient (Wildman–Crippen LogP) is 3.83. The van der Waals surface area contributed by atoms with Crippen molar-refractivity contribution in [3.05, 3.63) is 51.9 Å². The van der Waals surface area contributed by atoms with E-state index < -0.39 is 6.10 Å². The van der Waals surface area contributed by atoms with Crippen LogP contribution < -0.4 is 4.74 Å². The van der Waals surface area contributed by atoms with Crippen LogP contribution in [0.5, 0.6) is 5.75 Å². The molecule has 3 nitrogen and oxygen atoms in total. The highest BCUT2D eigenvalue weighted by Crippen LogP contribution is 2.33. The van der Waals surface area contributed by atoms with Gasteiger partial charge in [0.2, 0.25) is 0 Å². The molecule has 18 heavy (non-hydrogen) atoms. The van der Waals surface area contributed by atoms with Crippen molar-refractivity contribution in [1.29, 1.82) is 0 Å². The summed E-state index contributed by atoms with van der Waals surface area (Å²) in [5, 5.41) is 10.4. The molecule has 1 unspecified atom stereocenters. The first-order chi connectivity index (χ1) is 8.61. The van der Waals surface area contributed by atoms with E-state index in [1.54, 1.807) is 6.26 Å². The van der Waals surface area contributed by atoms with Crippen molar-refractivity contribution in [3.8, 4) is 5.75 Å². The first-order valence-corrected chi connectivity index (χ1v) is 6.56. The Bertz CT molecular complexity index is 534. The van der Waals surface area contributed by atoms with E-state index >= 15 is 0 Å². The van der Waals surface area contributed by atoms with Gasteiger partial charge in [-0.25, -0.2) is 0 Å². The summed E-state index contributed by atoms with van der Waals surface area (Å²) in [6.45, 7) is 4.33. The van der Waals surface area contributed by atoms with Gasteiger partial charge in [0.1, 0.15) is 17.6 Å². The molecular weight excluding hydrogens is 296 g/mol. The lowest BCUT2D eigenvalue weighted by atomic mass is 10.0. The number of hydrogen-bond acceptors (Lipinski definition) is 3. The molecule has 2 rings (SSSR count). The zero-order valence-electron chi connectivity index (χ0n) is 10.3. The highest BCUT2D eigenvalue weighted by atomic mass is 79.9. The van der Waals surface area contributed by atoms with Gasteiger partial charge in [-0.2, -0.15) is 0 Å². The van der Waals surface area contributed by atoms with Gasteiger partial charge < -0.3 is 14.3 Å². The lowest BCUT2D eigenvalue weighted by Gasteiger charge is -2.15. The average molecular weight is 311 g/mol. The first-order valence-electron chi connectivity index (χ1n) is 5.77. The summed E-state index contributed by atoms with van der Waals surface area (Å²) >= 11 is 3.40. The molecule has 1 aromatic carbocycles. The Labute approximate surface area is 115 Å². The van der Waals surface area contributed by atoms with E-state index in [-0.39, 0.29) is 0 Å². The minimum absolute atomic E-state index is 0.561. The largest absolute Gasteiger partial charge is 0.493 e. The highest BCUT2D eigenvalue weighted by Gasteiger charge is 2.17. The number of hydrogen-bond donors (Lipinski definition) is 1. The molecule has 4 heteroatoms. The van der Waals surface area contributed by atoms with Crippen molar-refractivity contribution in [2.45, 2.75) is 20.0 Å². The van der Waals surface area contributed by atoms with Crippen LogP contribution in [0.1, 0.15) is 29.9 Å². The first kappa shape index (κ1) is 13.2. The summed E-state index contributed by atoms with van der Waals surface area (Å²) in [5.41, 5.74) is 1.46. The number of aliphatic hydroxyl groups excluding tert-OH is 1. The lowest BCUT2D eigenvalue weighted by Crippen LogP contribution is -2.03. The van der Waals surface area contributed by atoms with Crippen LogP contribution in [0.3, 0.4) is 0 Å². The number of halogens is 1. The minimum atomic E-state index is -0.749. The minimum Gasteiger partial charge on any atom is -0.493 e. The van der Waals surface area contributed by atoms with E-state index in [1.165, 1.54) is 0 Å². The number of ether oxygens (including phenoxy) is 1. The fourth-order valence-electron chi connectivity index (χ4n) is 1.81. The third-order valence-corrected chi connectivity index (χ3v) is 3.13. The Morgan fingerprint density at radius 3 is 2.78 bits per heavy atom. The Kier molecular flexibility index (Phi) is 4.09. The van der Waals surface area contributed by atoms with Crippen molar-refractivity contribution in [3.63, 3.8) is 0 Å². The van der Waals surface area contributed by atoms with E-state index in [1.807, 2.05) is 38.1 Å². The second-order valence-electron chi connectivity index (χ2n) is 4.01. The normalized spacial score (nSPS) is 12.4. The van der Waals surface area contributed by atoms with E-state index in [9.17, 15) is 5.11 Å². The monoisotopic (exact) mass is 310 g/mol. The van der Waals surface area contributed by atoms with Gasteiger partial charge in [-0.1, -0.05) is 15.9 Å². The molecular formula is C14H15BrO3. The van der Waals surface area contributed by atoms with Gasteiger partial charge in [0.15, 0.2) is 0 Å².